The summed E-state index contributed by atoms with van der Waals surface area (Å²) in [6, 6.07) is 12.5. The average molecular weight is 530 g/mol. The molecule has 0 spiro atoms. The SMILES string of the molecule is Cc1cc(N)c(OCO)cc1N.Nc1ccc(N)c(S(=O)(=O)O)c1.Nc1ccc(S(=O)(=O)O)cc1. The van der Waals surface area contributed by atoms with Gasteiger partial charge in [-0.1, -0.05) is 0 Å². The first kappa shape index (κ1) is 29.3. The zero-order valence-electron chi connectivity index (χ0n) is 18.5. The van der Waals surface area contributed by atoms with Gasteiger partial charge in [-0.25, -0.2) is 0 Å². The molecule has 0 radical (unpaired) electrons. The number of benzene rings is 3. The van der Waals surface area contributed by atoms with E-state index in [4.69, 9.17) is 47.6 Å². The van der Waals surface area contributed by atoms with Crippen LogP contribution in [0.3, 0.4) is 0 Å². The lowest BCUT2D eigenvalue weighted by Crippen LogP contribution is -2.03. The number of aliphatic hydroxyl groups excluding tert-OH is 1. The van der Waals surface area contributed by atoms with Gasteiger partial charge in [0.25, 0.3) is 20.2 Å². The van der Waals surface area contributed by atoms with Crippen LogP contribution in [0.25, 0.3) is 0 Å². The standard InChI is InChI=1S/C8H12N2O2.C6H8N2O3S.C6H7NO3S/c1-5-2-7(10)8(12-4-11)3-6(5)9;7-4-1-2-5(8)6(3-4)12(9,10)11;7-5-1-3-6(4-2-5)11(8,9)10/h2-3,11H,4,9-10H2,1H3;1-3H,7-8H2,(H,9,10,11);1-4H,7H2,(H,8,9,10). The summed E-state index contributed by atoms with van der Waals surface area (Å²) in [5.74, 6) is 0.417. The van der Waals surface area contributed by atoms with Crippen molar-refractivity contribution in [2.24, 2.45) is 0 Å². The molecule has 3 rings (SSSR count). The molecule has 0 bridgehead atoms. The highest BCUT2D eigenvalue weighted by Gasteiger charge is 2.13. The number of hydrogen-bond donors (Lipinski definition) is 8. The second kappa shape index (κ2) is 12.1. The number of nitrogen functional groups attached to an aromatic ring is 5. The molecule has 0 aliphatic rings. The second-order valence-electron chi connectivity index (χ2n) is 6.84. The van der Waals surface area contributed by atoms with Gasteiger partial charge in [-0.05, 0) is 61.0 Å². The minimum absolute atomic E-state index is 0.0216. The van der Waals surface area contributed by atoms with Crippen LogP contribution in [0, 0.1) is 6.92 Å². The lowest BCUT2D eigenvalue weighted by molar-refractivity contribution is 0.0993. The Morgan fingerprint density at radius 1 is 0.714 bits per heavy atom. The largest absolute Gasteiger partial charge is 0.466 e. The maximum absolute atomic E-state index is 10.6. The number of rotatable bonds is 4. The average Bonchev–Trinajstić information content (AvgIpc) is 2.74. The van der Waals surface area contributed by atoms with Gasteiger partial charge in [0.05, 0.1) is 16.3 Å². The summed E-state index contributed by atoms with van der Waals surface area (Å²) in [5.41, 5.74) is 29.7. The fraction of sp³-hybridized carbons (Fsp3) is 0.100. The fourth-order valence-electron chi connectivity index (χ4n) is 2.33. The maximum atomic E-state index is 10.6. The van der Waals surface area contributed by atoms with Gasteiger partial charge in [0.1, 0.15) is 10.6 Å². The van der Waals surface area contributed by atoms with E-state index in [9.17, 15) is 16.8 Å². The smallest absolute Gasteiger partial charge is 0.296 e. The molecule has 13 nitrogen and oxygen atoms in total. The highest BCUT2D eigenvalue weighted by Crippen LogP contribution is 2.26. The van der Waals surface area contributed by atoms with Crippen molar-refractivity contribution in [2.45, 2.75) is 16.7 Å². The molecular weight excluding hydrogens is 502 g/mol. The molecule has 0 aromatic heterocycles. The predicted molar refractivity (Wildman–Crippen MR) is 133 cm³/mol. The highest BCUT2D eigenvalue weighted by molar-refractivity contribution is 7.86. The van der Waals surface area contributed by atoms with Crippen LogP contribution in [0.1, 0.15) is 5.56 Å². The third-order valence-electron chi connectivity index (χ3n) is 4.11. The fourth-order valence-corrected chi connectivity index (χ4v) is 3.47. The molecular formula is C20H27N5O8S2. The van der Waals surface area contributed by atoms with Gasteiger partial charge in [-0.2, -0.15) is 16.8 Å². The summed E-state index contributed by atoms with van der Waals surface area (Å²) in [4.78, 5) is -0.505. The van der Waals surface area contributed by atoms with Gasteiger partial charge in [0, 0.05) is 23.1 Å². The third-order valence-corrected chi connectivity index (χ3v) is 5.89. The van der Waals surface area contributed by atoms with Crippen LogP contribution in [-0.2, 0) is 20.2 Å². The minimum Gasteiger partial charge on any atom is -0.466 e. The minimum atomic E-state index is -4.26. The molecule has 0 heterocycles. The molecule has 192 valence electrons. The van der Waals surface area contributed by atoms with E-state index >= 15 is 0 Å². The molecule has 0 unspecified atom stereocenters. The Labute approximate surface area is 202 Å². The van der Waals surface area contributed by atoms with E-state index in [-0.39, 0.29) is 21.2 Å². The zero-order chi connectivity index (χ0) is 27.0. The maximum Gasteiger partial charge on any atom is 0.296 e. The van der Waals surface area contributed by atoms with Gasteiger partial charge < -0.3 is 38.5 Å². The number of hydrogen-bond acceptors (Lipinski definition) is 11. The van der Waals surface area contributed by atoms with Gasteiger partial charge in [0.15, 0.2) is 6.79 Å². The van der Waals surface area contributed by atoms with Crippen molar-refractivity contribution in [2.75, 3.05) is 35.5 Å². The molecule has 0 aliphatic heterocycles. The molecule has 35 heavy (non-hydrogen) atoms. The van der Waals surface area contributed by atoms with Crippen LogP contribution < -0.4 is 33.4 Å². The van der Waals surface area contributed by atoms with E-state index < -0.39 is 27.0 Å². The van der Waals surface area contributed by atoms with Crippen molar-refractivity contribution in [1.29, 1.82) is 0 Å². The summed E-state index contributed by atoms with van der Waals surface area (Å²) < 4.78 is 64.1. The van der Waals surface area contributed by atoms with Gasteiger partial charge >= 0.3 is 0 Å². The van der Waals surface area contributed by atoms with E-state index in [1.165, 1.54) is 36.4 Å². The number of nitrogens with two attached hydrogens (primary N) is 5. The predicted octanol–water partition coefficient (Wildman–Crippen LogP) is 1.10. The molecule has 13 N–H and O–H groups in total. The summed E-state index contributed by atoms with van der Waals surface area (Å²) in [6.07, 6.45) is 0. The van der Waals surface area contributed by atoms with Gasteiger partial charge in [0.2, 0.25) is 0 Å². The van der Waals surface area contributed by atoms with E-state index in [1.807, 2.05) is 6.92 Å². The molecule has 0 amide bonds. The molecule has 0 saturated carbocycles. The third kappa shape index (κ3) is 9.55. The normalized spacial score (nSPS) is 10.9. The van der Waals surface area contributed by atoms with E-state index in [0.717, 1.165) is 11.6 Å². The van der Waals surface area contributed by atoms with Gasteiger partial charge in [-0.3, -0.25) is 9.11 Å². The van der Waals surface area contributed by atoms with E-state index in [1.54, 1.807) is 12.1 Å². The van der Waals surface area contributed by atoms with Crippen molar-refractivity contribution in [3.8, 4) is 5.75 Å². The molecule has 15 heteroatoms. The van der Waals surface area contributed by atoms with Crippen LogP contribution >= 0.6 is 0 Å². The Morgan fingerprint density at radius 2 is 1.26 bits per heavy atom. The molecule has 3 aromatic carbocycles. The molecule has 0 saturated heterocycles. The first-order chi connectivity index (χ1) is 16.1. The van der Waals surface area contributed by atoms with Crippen LogP contribution in [0.4, 0.5) is 28.4 Å². The van der Waals surface area contributed by atoms with Crippen LogP contribution in [0.2, 0.25) is 0 Å². The Bertz CT molecular complexity index is 1360. The van der Waals surface area contributed by atoms with Crippen molar-refractivity contribution in [3.05, 3.63) is 60.2 Å². The number of ether oxygens (including phenoxy) is 1. The molecule has 0 fully saturated rings. The number of anilines is 5. The number of aryl methyl sites for hydroxylation is 1. The summed E-state index contributed by atoms with van der Waals surface area (Å²) in [7, 11) is -8.34. The summed E-state index contributed by atoms with van der Waals surface area (Å²) in [5, 5.41) is 8.49. The van der Waals surface area contributed by atoms with Crippen molar-refractivity contribution < 1.29 is 35.8 Å². The quantitative estimate of drug-likeness (QED) is 0.134. The Hall–Kier alpha value is -3.76. The molecule has 0 atom stereocenters. The first-order valence-electron chi connectivity index (χ1n) is 9.41. The summed E-state index contributed by atoms with van der Waals surface area (Å²) >= 11 is 0. The lowest BCUT2D eigenvalue weighted by atomic mass is 10.2. The van der Waals surface area contributed by atoms with E-state index in [0.29, 0.717) is 22.8 Å². The Kier molecular flexibility index (Phi) is 10.1. The molecule has 3 aromatic rings. The zero-order valence-corrected chi connectivity index (χ0v) is 20.1. The summed E-state index contributed by atoms with van der Waals surface area (Å²) in [6.45, 7) is 1.46. The second-order valence-corrected chi connectivity index (χ2v) is 9.65. The van der Waals surface area contributed by atoms with Crippen molar-refractivity contribution >= 4 is 48.7 Å². The van der Waals surface area contributed by atoms with Gasteiger partial charge in [-0.15, -0.1) is 0 Å². The monoisotopic (exact) mass is 529 g/mol. The van der Waals surface area contributed by atoms with E-state index in [2.05, 4.69) is 0 Å². The van der Waals surface area contributed by atoms with Crippen molar-refractivity contribution in [3.63, 3.8) is 0 Å². The van der Waals surface area contributed by atoms with Crippen molar-refractivity contribution in [1.82, 2.24) is 0 Å². The topological polar surface area (TPSA) is 268 Å². The van der Waals surface area contributed by atoms with Crippen LogP contribution in [0.15, 0.2) is 64.4 Å². The Balaban J connectivity index is 0.000000263. The lowest BCUT2D eigenvalue weighted by Gasteiger charge is -2.08. The molecule has 0 aliphatic carbocycles. The first-order valence-corrected chi connectivity index (χ1v) is 12.3. The Morgan fingerprint density at radius 3 is 1.71 bits per heavy atom. The number of aliphatic hydroxyl groups is 1. The van der Waals surface area contributed by atoms with Crippen LogP contribution in [0.5, 0.6) is 5.75 Å². The highest BCUT2D eigenvalue weighted by atomic mass is 32.2. The van der Waals surface area contributed by atoms with Crippen LogP contribution in [-0.4, -0.2) is 37.8 Å².